The van der Waals surface area contributed by atoms with Crippen LogP contribution in [0.1, 0.15) is 29.6 Å². The van der Waals surface area contributed by atoms with E-state index in [-0.39, 0.29) is 16.8 Å². The minimum atomic E-state index is -3.88. The fraction of sp³-hybridized carbons (Fsp3) is 0.462. The van der Waals surface area contributed by atoms with Crippen LogP contribution in [0.15, 0.2) is 23.1 Å². The van der Waals surface area contributed by atoms with Crippen LogP contribution >= 0.6 is 0 Å². The van der Waals surface area contributed by atoms with E-state index in [0.717, 1.165) is 19.3 Å². The van der Waals surface area contributed by atoms with Gasteiger partial charge < -0.3 is 10.2 Å². The van der Waals surface area contributed by atoms with E-state index >= 15 is 0 Å². The Morgan fingerprint density at radius 2 is 2.00 bits per heavy atom. The van der Waals surface area contributed by atoms with Crippen LogP contribution in [-0.4, -0.2) is 34.5 Å². The average molecular weight is 297 g/mol. The largest absolute Gasteiger partial charge is 0.377 e. The first-order valence-corrected chi connectivity index (χ1v) is 7.98. The Morgan fingerprint density at radius 1 is 1.35 bits per heavy atom. The highest BCUT2D eigenvalue weighted by Crippen LogP contribution is 2.25. The van der Waals surface area contributed by atoms with Gasteiger partial charge >= 0.3 is 0 Å². The second-order valence-electron chi connectivity index (χ2n) is 5.22. The van der Waals surface area contributed by atoms with E-state index < -0.39 is 10.0 Å². The molecule has 1 aliphatic rings. The van der Waals surface area contributed by atoms with E-state index in [9.17, 15) is 13.2 Å². The predicted molar refractivity (Wildman–Crippen MR) is 77.2 cm³/mol. The van der Waals surface area contributed by atoms with E-state index in [1.165, 1.54) is 6.07 Å². The quantitative estimate of drug-likeness (QED) is 0.855. The van der Waals surface area contributed by atoms with E-state index in [0.29, 0.717) is 11.3 Å². The van der Waals surface area contributed by atoms with Crippen molar-refractivity contribution in [3.05, 3.63) is 23.8 Å². The van der Waals surface area contributed by atoms with Crippen molar-refractivity contribution in [2.24, 2.45) is 5.14 Å². The van der Waals surface area contributed by atoms with Crippen molar-refractivity contribution in [3.63, 3.8) is 0 Å². The van der Waals surface area contributed by atoms with Gasteiger partial charge in [-0.1, -0.05) is 0 Å². The van der Waals surface area contributed by atoms with Gasteiger partial charge in [-0.05, 0) is 37.5 Å². The number of rotatable bonds is 4. The number of sulfonamides is 1. The molecular weight excluding hydrogens is 278 g/mol. The number of carbonyl (C=O) groups excluding carboxylic acids is 1. The number of benzene rings is 1. The molecule has 0 saturated heterocycles. The van der Waals surface area contributed by atoms with Crippen molar-refractivity contribution >= 4 is 21.6 Å². The van der Waals surface area contributed by atoms with Gasteiger partial charge in [0.15, 0.2) is 0 Å². The molecule has 0 aliphatic heterocycles. The maximum atomic E-state index is 12.0. The topological polar surface area (TPSA) is 92.5 Å². The van der Waals surface area contributed by atoms with Crippen molar-refractivity contribution < 1.29 is 13.2 Å². The van der Waals surface area contributed by atoms with Crippen LogP contribution in [0.25, 0.3) is 0 Å². The van der Waals surface area contributed by atoms with E-state index in [4.69, 9.17) is 5.14 Å². The predicted octanol–water partition coefficient (Wildman–Crippen LogP) is 0.682. The molecule has 0 radical (unpaired) electrons. The first kappa shape index (κ1) is 14.8. The van der Waals surface area contributed by atoms with Gasteiger partial charge in [0.2, 0.25) is 10.0 Å². The Morgan fingerprint density at radius 3 is 2.45 bits per heavy atom. The van der Waals surface area contributed by atoms with Gasteiger partial charge in [-0.3, -0.25) is 4.79 Å². The minimum Gasteiger partial charge on any atom is -0.377 e. The summed E-state index contributed by atoms with van der Waals surface area (Å²) in [4.78, 5) is 13.7. The fourth-order valence-electron chi connectivity index (χ4n) is 2.07. The summed E-state index contributed by atoms with van der Waals surface area (Å²) in [6.07, 6.45) is 3.07. The zero-order chi connectivity index (χ0) is 14.9. The number of amides is 1. The minimum absolute atomic E-state index is 0.0382. The van der Waals surface area contributed by atoms with Gasteiger partial charge in [0, 0.05) is 25.7 Å². The van der Waals surface area contributed by atoms with E-state index in [1.807, 2.05) is 0 Å². The number of primary sulfonamides is 1. The summed E-state index contributed by atoms with van der Waals surface area (Å²) in [7, 11) is -0.436. The van der Waals surface area contributed by atoms with Crippen molar-refractivity contribution in [2.75, 3.05) is 19.0 Å². The summed E-state index contributed by atoms with van der Waals surface area (Å²) >= 11 is 0. The van der Waals surface area contributed by atoms with Crippen molar-refractivity contribution in [2.45, 2.75) is 30.2 Å². The maximum absolute atomic E-state index is 12.0. The van der Waals surface area contributed by atoms with Crippen LogP contribution in [-0.2, 0) is 10.0 Å². The molecular formula is C13H19N3O3S. The summed E-state index contributed by atoms with van der Waals surface area (Å²) in [6, 6.07) is 4.74. The lowest BCUT2D eigenvalue weighted by Crippen LogP contribution is -2.39. The summed E-state index contributed by atoms with van der Waals surface area (Å²) < 4.78 is 23.3. The molecule has 0 atom stereocenters. The first-order valence-electron chi connectivity index (χ1n) is 6.44. The average Bonchev–Trinajstić information content (AvgIpc) is 2.31. The van der Waals surface area contributed by atoms with Crippen LogP contribution in [0.3, 0.4) is 0 Å². The Hall–Kier alpha value is -1.60. The van der Waals surface area contributed by atoms with Crippen molar-refractivity contribution in [1.82, 2.24) is 5.32 Å². The number of anilines is 1. The van der Waals surface area contributed by atoms with Crippen LogP contribution in [0.2, 0.25) is 0 Å². The van der Waals surface area contributed by atoms with Gasteiger partial charge in [0.1, 0.15) is 4.90 Å². The fourth-order valence-corrected chi connectivity index (χ4v) is 2.91. The van der Waals surface area contributed by atoms with E-state index in [2.05, 4.69) is 5.32 Å². The smallest absolute Gasteiger partial charge is 0.251 e. The number of nitrogens with two attached hydrogens (primary N) is 1. The second-order valence-corrected chi connectivity index (χ2v) is 6.75. The highest BCUT2D eigenvalue weighted by atomic mass is 32.2. The summed E-state index contributed by atoms with van der Waals surface area (Å²) in [6.45, 7) is 0. The van der Waals surface area contributed by atoms with Gasteiger partial charge in [0.05, 0.1) is 5.69 Å². The third kappa shape index (κ3) is 3.10. The molecule has 1 aliphatic carbocycles. The molecule has 0 heterocycles. The second kappa shape index (κ2) is 5.41. The van der Waals surface area contributed by atoms with Crippen LogP contribution in [0.5, 0.6) is 0 Å². The molecule has 2 rings (SSSR count). The molecule has 3 N–H and O–H groups in total. The molecule has 20 heavy (non-hydrogen) atoms. The van der Waals surface area contributed by atoms with Crippen LogP contribution in [0.4, 0.5) is 5.69 Å². The maximum Gasteiger partial charge on any atom is 0.251 e. The standard InChI is InChI=1S/C13H19N3O3S/c1-16(2)11-7-6-9(8-12(11)20(14,18)19)13(17)15-10-4-3-5-10/h6-8,10H,3-5H2,1-2H3,(H,15,17)(H2,14,18,19). The van der Waals surface area contributed by atoms with Gasteiger partial charge in [-0.15, -0.1) is 0 Å². The molecule has 0 aromatic heterocycles. The number of hydrogen-bond donors (Lipinski definition) is 2. The number of nitrogens with one attached hydrogen (secondary N) is 1. The SMILES string of the molecule is CN(C)c1ccc(C(=O)NC2CCC2)cc1S(N)(=O)=O. The lowest BCUT2D eigenvalue weighted by Gasteiger charge is -2.26. The number of hydrogen-bond acceptors (Lipinski definition) is 4. The van der Waals surface area contributed by atoms with Gasteiger partial charge in [-0.25, -0.2) is 13.6 Å². The Kier molecular flexibility index (Phi) is 4.01. The number of nitrogens with zero attached hydrogens (tertiary/aromatic N) is 1. The molecule has 110 valence electrons. The zero-order valence-corrected chi connectivity index (χ0v) is 12.4. The molecule has 1 amide bonds. The number of carbonyl (C=O) groups is 1. The van der Waals surface area contributed by atoms with E-state index in [1.54, 1.807) is 31.1 Å². The summed E-state index contributed by atoms with van der Waals surface area (Å²) in [5, 5.41) is 8.09. The lowest BCUT2D eigenvalue weighted by molar-refractivity contribution is 0.0917. The van der Waals surface area contributed by atoms with Crippen molar-refractivity contribution in [1.29, 1.82) is 0 Å². The van der Waals surface area contributed by atoms with Gasteiger partial charge in [0.25, 0.3) is 5.91 Å². The molecule has 0 spiro atoms. The van der Waals surface area contributed by atoms with Crippen LogP contribution in [0, 0.1) is 0 Å². The highest BCUT2D eigenvalue weighted by molar-refractivity contribution is 7.89. The molecule has 1 saturated carbocycles. The summed E-state index contributed by atoms with van der Waals surface area (Å²) in [5.41, 5.74) is 0.777. The molecule has 6 nitrogen and oxygen atoms in total. The Bertz CT molecular complexity index is 622. The molecule has 1 aromatic rings. The lowest BCUT2D eigenvalue weighted by atomic mass is 9.93. The zero-order valence-electron chi connectivity index (χ0n) is 11.6. The first-order chi connectivity index (χ1) is 9.29. The highest BCUT2D eigenvalue weighted by Gasteiger charge is 2.22. The molecule has 0 unspecified atom stereocenters. The Balaban J connectivity index is 2.33. The molecule has 7 heteroatoms. The molecule has 1 fully saturated rings. The van der Waals surface area contributed by atoms with Crippen LogP contribution < -0.4 is 15.4 Å². The molecule has 1 aromatic carbocycles. The molecule has 0 bridgehead atoms. The monoisotopic (exact) mass is 297 g/mol. The Labute approximate surface area is 119 Å². The van der Waals surface area contributed by atoms with Crippen molar-refractivity contribution in [3.8, 4) is 0 Å². The third-order valence-electron chi connectivity index (χ3n) is 3.45. The third-order valence-corrected chi connectivity index (χ3v) is 4.39. The van der Waals surface area contributed by atoms with Gasteiger partial charge in [-0.2, -0.15) is 0 Å². The summed E-state index contributed by atoms with van der Waals surface area (Å²) in [5.74, 6) is -0.259. The normalized spacial score (nSPS) is 15.6.